The van der Waals surface area contributed by atoms with Crippen LogP contribution >= 0.6 is 0 Å². The van der Waals surface area contributed by atoms with Crippen molar-refractivity contribution in [3.8, 4) is 0 Å². The van der Waals surface area contributed by atoms with Gasteiger partial charge in [-0.3, -0.25) is 14.5 Å². The molecule has 142 valence electrons. The Balaban J connectivity index is 1.53. The third-order valence-corrected chi connectivity index (χ3v) is 4.93. The first-order chi connectivity index (χ1) is 12.5. The first kappa shape index (κ1) is 18.8. The number of hydrogen-bond donors (Lipinski definition) is 1. The van der Waals surface area contributed by atoms with Crippen molar-refractivity contribution < 1.29 is 18.7 Å². The zero-order valence-corrected chi connectivity index (χ0v) is 15.1. The van der Waals surface area contributed by atoms with Crippen LogP contribution in [-0.2, 0) is 14.3 Å². The maximum absolute atomic E-state index is 13.1. The van der Waals surface area contributed by atoms with Crippen LogP contribution < -0.4 is 5.32 Å². The Labute approximate surface area is 153 Å². The normalized spacial score (nSPS) is 24.3. The van der Waals surface area contributed by atoms with Gasteiger partial charge in [-0.15, -0.1) is 0 Å². The number of likely N-dealkylation sites (tertiary alicyclic amines) is 1. The van der Waals surface area contributed by atoms with Crippen molar-refractivity contribution in [1.82, 2.24) is 15.1 Å². The predicted molar refractivity (Wildman–Crippen MR) is 95.0 cm³/mol. The molecule has 0 radical (unpaired) electrons. The number of rotatable bonds is 4. The molecule has 6 nitrogen and oxygen atoms in total. The molecule has 1 aromatic rings. The van der Waals surface area contributed by atoms with Gasteiger partial charge in [-0.1, -0.05) is 12.1 Å². The SMILES string of the molecule is CC(=O)N[C@@H]1CCCN(C(=O)CN2CCO[C@H](c3ccc(F)cc3)C2)C1. The van der Waals surface area contributed by atoms with E-state index in [1.807, 2.05) is 4.90 Å². The minimum Gasteiger partial charge on any atom is -0.371 e. The number of carbonyl (C=O) groups is 2. The molecule has 0 spiro atoms. The van der Waals surface area contributed by atoms with Crippen LogP contribution in [0.25, 0.3) is 0 Å². The number of hydrogen-bond acceptors (Lipinski definition) is 4. The molecule has 0 bridgehead atoms. The van der Waals surface area contributed by atoms with Crippen molar-refractivity contribution in [3.05, 3.63) is 35.6 Å². The lowest BCUT2D eigenvalue weighted by molar-refractivity contribution is -0.136. The fraction of sp³-hybridized carbons (Fsp3) is 0.579. The summed E-state index contributed by atoms with van der Waals surface area (Å²) in [5.41, 5.74) is 0.923. The second kappa shape index (κ2) is 8.60. The summed E-state index contributed by atoms with van der Waals surface area (Å²) in [7, 11) is 0. The zero-order valence-electron chi connectivity index (χ0n) is 15.1. The summed E-state index contributed by atoms with van der Waals surface area (Å²) in [4.78, 5) is 27.8. The van der Waals surface area contributed by atoms with E-state index in [0.717, 1.165) is 24.9 Å². The molecule has 2 saturated heterocycles. The molecule has 2 amide bonds. The van der Waals surface area contributed by atoms with Crippen LogP contribution in [0.1, 0.15) is 31.4 Å². The number of benzene rings is 1. The molecule has 0 saturated carbocycles. The van der Waals surface area contributed by atoms with E-state index in [9.17, 15) is 14.0 Å². The van der Waals surface area contributed by atoms with Gasteiger partial charge in [0.05, 0.1) is 19.3 Å². The molecule has 1 aromatic carbocycles. The summed E-state index contributed by atoms with van der Waals surface area (Å²) in [6, 6.07) is 6.36. The first-order valence-electron chi connectivity index (χ1n) is 9.15. The van der Waals surface area contributed by atoms with Crippen molar-refractivity contribution in [2.45, 2.75) is 31.9 Å². The average Bonchev–Trinajstić information content (AvgIpc) is 2.62. The van der Waals surface area contributed by atoms with Crippen molar-refractivity contribution in [2.75, 3.05) is 39.3 Å². The maximum atomic E-state index is 13.1. The van der Waals surface area contributed by atoms with E-state index in [1.54, 1.807) is 12.1 Å². The number of amides is 2. The summed E-state index contributed by atoms with van der Waals surface area (Å²) in [5.74, 6) is -0.241. The number of piperidine rings is 1. The zero-order chi connectivity index (χ0) is 18.5. The highest BCUT2D eigenvalue weighted by molar-refractivity contribution is 5.78. The quantitative estimate of drug-likeness (QED) is 0.877. The van der Waals surface area contributed by atoms with Crippen LogP contribution in [0.3, 0.4) is 0 Å². The second-order valence-corrected chi connectivity index (χ2v) is 7.03. The number of nitrogens with one attached hydrogen (secondary N) is 1. The Hall–Kier alpha value is -1.99. The largest absolute Gasteiger partial charge is 0.371 e. The number of ether oxygens (including phenoxy) is 1. The monoisotopic (exact) mass is 363 g/mol. The minimum absolute atomic E-state index is 0.0434. The van der Waals surface area contributed by atoms with E-state index in [2.05, 4.69) is 10.2 Å². The fourth-order valence-electron chi connectivity index (χ4n) is 3.63. The summed E-state index contributed by atoms with van der Waals surface area (Å²) in [6.45, 7) is 5.01. The molecule has 0 aliphatic carbocycles. The predicted octanol–water partition coefficient (Wildman–Crippen LogP) is 1.33. The van der Waals surface area contributed by atoms with Crippen LogP contribution in [-0.4, -0.2) is 67.0 Å². The number of morpholine rings is 1. The lowest BCUT2D eigenvalue weighted by Gasteiger charge is -2.36. The van der Waals surface area contributed by atoms with E-state index in [0.29, 0.717) is 32.8 Å². The topological polar surface area (TPSA) is 61.9 Å². The Morgan fingerprint density at radius 2 is 2.00 bits per heavy atom. The van der Waals surface area contributed by atoms with Crippen LogP contribution in [0.4, 0.5) is 4.39 Å². The fourth-order valence-corrected chi connectivity index (χ4v) is 3.63. The Morgan fingerprint density at radius 1 is 1.23 bits per heavy atom. The molecular formula is C19H26FN3O3. The van der Waals surface area contributed by atoms with Gasteiger partial charge in [-0.25, -0.2) is 4.39 Å². The van der Waals surface area contributed by atoms with Gasteiger partial charge in [0.15, 0.2) is 0 Å². The van der Waals surface area contributed by atoms with E-state index >= 15 is 0 Å². The first-order valence-corrected chi connectivity index (χ1v) is 9.15. The van der Waals surface area contributed by atoms with Gasteiger partial charge in [0.25, 0.3) is 0 Å². The molecule has 26 heavy (non-hydrogen) atoms. The van der Waals surface area contributed by atoms with Crippen molar-refractivity contribution in [1.29, 1.82) is 0 Å². The van der Waals surface area contributed by atoms with Crippen LogP contribution in [0.15, 0.2) is 24.3 Å². The van der Waals surface area contributed by atoms with E-state index in [4.69, 9.17) is 4.74 Å². The van der Waals surface area contributed by atoms with Crippen molar-refractivity contribution in [3.63, 3.8) is 0 Å². The van der Waals surface area contributed by atoms with Gasteiger partial charge in [0, 0.05) is 39.1 Å². The van der Waals surface area contributed by atoms with Gasteiger partial charge in [-0.2, -0.15) is 0 Å². The van der Waals surface area contributed by atoms with Crippen molar-refractivity contribution >= 4 is 11.8 Å². The molecule has 2 aliphatic heterocycles. The molecular weight excluding hydrogens is 337 g/mol. The lowest BCUT2D eigenvalue weighted by Crippen LogP contribution is -2.52. The maximum Gasteiger partial charge on any atom is 0.236 e. The smallest absolute Gasteiger partial charge is 0.236 e. The lowest BCUT2D eigenvalue weighted by atomic mass is 10.1. The average molecular weight is 363 g/mol. The van der Waals surface area contributed by atoms with E-state index in [-0.39, 0.29) is 29.8 Å². The van der Waals surface area contributed by atoms with Gasteiger partial charge < -0.3 is 15.0 Å². The molecule has 0 unspecified atom stereocenters. The molecule has 0 aromatic heterocycles. The third-order valence-electron chi connectivity index (χ3n) is 4.93. The molecule has 2 heterocycles. The molecule has 1 N–H and O–H groups in total. The molecule has 2 atom stereocenters. The molecule has 2 aliphatic rings. The van der Waals surface area contributed by atoms with Crippen LogP contribution in [0.2, 0.25) is 0 Å². The summed E-state index contributed by atoms with van der Waals surface area (Å²) in [5, 5.41) is 2.91. The highest BCUT2D eigenvalue weighted by Crippen LogP contribution is 2.22. The Morgan fingerprint density at radius 3 is 2.73 bits per heavy atom. The Bertz CT molecular complexity index is 637. The van der Waals surface area contributed by atoms with Gasteiger partial charge >= 0.3 is 0 Å². The molecule has 2 fully saturated rings. The number of carbonyl (C=O) groups excluding carboxylic acids is 2. The van der Waals surface area contributed by atoms with E-state index in [1.165, 1.54) is 19.1 Å². The van der Waals surface area contributed by atoms with Gasteiger partial charge in [0.2, 0.25) is 11.8 Å². The van der Waals surface area contributed by atoms with Crippen molar-refractivity contribution in [2.24, 2.45) is 0 Å². The standard InChI is InChI=1S/C19H26FN3O3/c1-14(24)21-17-3-2-8-23(11-17)19(25)13-22-9-10-26-18(12-22)15-4-6-16(20)7-5-15/h4-7,17-18H,2-3,8-13H2,1H3,(H,21,24)/t17-,18+/m1/s1. The highest BCUT2D eigenvalue weighted by Gasteiger charge is 2.28. The third kappa shape index (κ3) is 5.02. The second-order valence-electron chi connectivity index (χ2n) is 7.03. The molecule has 7 heteroatoms. The summed E-state index contributed by atoms with van der Waals surface area (Å²) < 4.78 is 18.9. The Kier molecular flexibility index (Phi) is 6.21. The van der Waals surface area contributed by atoms with Gasteiger partial charge in [0.1, 0.15) is 5.82 Å². The minimum atomic E-state index is -0.268. The molecule has 3 rings (SSSR count). The van der Waals surface area contributed by atoms with Gasteiger partial charge in [-0.05, 0) is 30.5 Å². The number of nitrogens with zero attached hydrogens (tertiary/aromatic N) is 2. The number of halogens is 1. The van der Waals surface area contributed by atoms with Crippen LogP contribution in [0, 0.1) is 5.82 Å². The van der Waals surface area contributed by atoms with Crippen LogP contribution in [0.5, 0.6) is 0 Å². The summed E-state index contributed by atoms with van der Waals surface area (Å²) in [6.07, 6.45) is 1.66. The highest BCUT2D eigenvalue weighted by atomic mass is 19.1. The van der Waals surface area contributed by atoms with E-state index < -0.39 is 0 Å². The summed E-state index contributed by atoms with van der Waals surface area (Å²) >= 11 is 0.